The summed E-state index contributed by atoms with van der Waals surface area (Å²) < 4.78 is 0. The first-order valence-corrected chi connectivity index (χ1v) is 10.0. The molecule has 0 saturated carbocycles. The van der Waals surface area contributed by atoms with Gasteiger partial charge in [0.15, 0.2) is 0 Å². The summed E-state index contributed by atoms with van der Waals surface area (Å²) in [5.41, 5.74) is 1.54. The number of fused-ring (bicyclic) bond motifs is 2. The van der Waals surface area contributed by atoms with Gasteiger partial charge in [-0.2, -0.15) is 0 Å². The van der Waals surface area contributed by atoms with Crippen LogP contribution in [0.5, 0.6) is 0 Å². The predicted molar refractivity (Wildman–Crippen MR) is 127 cm³/mol. The van der Waals surface area contributed by atoms with E-state index in [4.69, 9.17) is 0 Å². The summed E-state index contributed by atoms with van der Waals surface area (Å²) in [6, 6.07) is 27.0. The molecule has 4 aromatic carbocycles. The molecular formula is C27H22N2O2. The van der Waals surface area contributed by atoms with Crippen molar-refractivity contribution in [2.24, 2.45) is 0 Å². The Bertz CT molecular complexity index is 1250. The lowest BCUT2D eigenvalue weighted by molar-refractivity contribution is -0.117. The van der Waals surface area contributed by atoms with Crippen LogP contribution in [0.3, 0.4) is 0 Å². The molecule has 4 heteroatoms. The average molecular weight is 406 g/mol. The van der Waals surface area contributed by atoms with E-state index in [1.165, 1.54) is 0 Å². The van der Waals surface area contributed by atoms with Gasteiger partial charge in [0.2, 0.25) is 0 Å². The van der Waals surface area contributed by atoms with Crippen molar-refractivity contribution in [3.63, 3.8) is 0 Å². The standard InChI is InChI=1S/C27H22N2O2/c1-2-16-28-27(31)25(29-26(30)19-10-4-3-5-11-19)18-24-22-14-8-6-12-20(22)17-21-13-7-9-15-23(21)24/h2-15,17-18H,1,16H2,(H,28,31)(H,29,30)/b25-18-. The molecule has 0 spiro atoms. The predicted octanol–water partition coefficient (Wildman–Crippen LogP) is 5.07. The van der Waals surface area contributed by atoms with Crippen molar-refractivity contribution in [1.29, 1.82) is 0 Å². The molecule has 4 nitrogen and oxygen atoms in total. The Morgan fingerprint density at radius 3 is 2.00 bits per heavy atom. The monoisotopic (exact) mass is 406 g/mol. The highest BCUT2D eigenvalue weighted by molar-refractivity contribution is 6.11. The van der Waals surface area contributed by atoms with E-state index in [1.807, 2.05) is 54.6 Å². The lowest BCUT2D eigenvalue weighted by Crippen LogP contribution is -2.34. The number of carbonyl (C=O) groups is 2. The molecule has 0 saturated heterocycles. The highest BCUT2D eigenvalue weighted by Crippen LogP contribution is 2.30. The van der Waals surface area contributed by atoms with E-state index in [-0.39, 0.29) is 17.5 Å². The maximum absolute atomic E-state index is 12.9. The molecule has 0 aliphatic carbocycles. The quantitative estimate of drug-likeness (QED) is 0.267. The summed E-state index contributed by atoms with van der Waals surface area (Å²) in [4.78, 5) is 25.7. The normalized spacial score (nSPS) is 11.3. The number of amides is 2. The zero-order chi connectivity index (χ0) is 21.6. The molecule has 152 valence electrons. The Balaban J connectivity index is 1.86. The molecule has 0 atom stereocenters. The molecule has 0 aliphatic heterocycles. The smallest absolute Gasteiger partial charge is 0.268 e. The zero-order valence-corrected chi connectivity index (χ0v) is 17.0. The molecule has 4 aromatic rings. The van der Waals surface area contributed by atoms with Crippen molar-refractivity contribution in [3.05, 3.63) is 114 Å². The molecule has 31 heavy (non-hydrogen) atoms. The van der Waals surface area contributed by atoms with E-state index < -0.39 is 0 Å². The number of benzene rings is 4. The van der Waals surface area contributed by atoms with Crippen LogP contribution in [-0.4, -0.2) is 18.4 Å². The highest BCUT2D eigenvalue weighted by Gasteiger charge is 2.16. The number of nitrogens with one attached hydrogen (secondary N) is 2. The Hall–Kier alpha value is -4.18. The van der Waals surface area contributed by atoms with Crippen molar-refractivity contribution in [2.75, 3.05) is 6.54 Å². The molecule has 0 fully saturated rings. The van der Waals surface area contributed by atoms with Crippen molar-refractivity contribution in [2.45, 2.75) is 0 Å². The first kappa shape index (κ1) is 20.1. The fraction of sp³-hybridized carbons (Fsp3) is 0.0370. The van der Waals surface area contributed by atoms with E-state index >= 15 is 0 Å². The molecule has 0 aliphatic rings. The molecule has 0 heterocycles. The molecule has 2 amide bonds. The van der Waals surface area contributed by atoms with Gasteiger partial charge in [-0.3, -0.25) is 9.59 Å². The number of carbonyl (C=O) groups excluding carboxylic acids is 2. The lowest BCUT2D eigenvalue weighted by Gasteiger charge is -2.13. The molecule has 0 unspecified atom stereocenters. The minimum absolute atomic E-state index is 0.178. The van der Waals surface area contributed by atoms with E-state index in [1.54, 1.807) is 36.4 Å². The van der Waals surface area contributed by atoms with Crippen molar-refractivity contribution in [1.82, 2.24) is 10.6 Å². The van der Waals surface area contributed by atoms with Crippen LogP contribution in [0, 0.1) is 0 Å². The summed E-state index contributed by atoms with van der Waals surface area (Å²) in [6.07, 6.45) is 3.35. The maximum Gasteiger partial charge on any atom is 0.268 e. The third-order valence-electron chi connectivity index (χ3n) is 5.04. The third kappa shape index (κ3) is 4.38. The number of rotatable bonds is 6. The van der Waals surface area contributed by atoms with E-state index in [9.17, 15) is 9.59 Å². The van der Waals surface area contributed by atoms with E-state index in [0.29, 0.717) is 12.1 Å². The summed E-state index contributed by atoms with van der Waals surface area (Å²) in [6.45, 7) is 3.94. The molecule has 0 aromatic heterocycles. The first-order valence-electron chi connectivity index (χ1n) is 10.0. The molecule has 0 bridgehead atoms. The van der Waals surface area contributed by atoms with Crippen molar-refractivity contribution < 1.29 is 9.59 Å². The van der Waals surface area contributed by atoms with E-state index in [0.717, 1.165) is 27.1 Å². The van der Waals surface area contributed by atoms with E-state index in [2.05, 4.69) is 23.3 Å². The lowest BCUT2D eigenvalue weighted by atomic mass is 9.96. The largest absolute Gasteiger partial charge is 0.347 e. The van der Waals surface area contributed by atoms with Crippen LogP contribution in [0.2, 0.25) is 0 Å². The van der Waals surface area contributed by atoms with Gasteiger partial charge < -0.3 is 10.6 Å². The Kier molecular flexibility index (Phi) is 5.90. The minimum Gasteiger partial charge on any atom is -0.347 e. The fourth-order valence-electron chi connectivity index (χ4n) is 3.55. The van der Waals surface area contributed by atoms with Crippen LogP contribution >= 0.6 is 0 Å². The molecule has 0 radical (unpaired) electrons. The summed E-state index contributed by atoms with van der Waals surface area (Å²) in [5.74, 6) is -0.716. The second kappa shape index (κ2) is 9.09. The van der Waals surface area contributed by atoms with Gasteiger partial charge in [-0.25, -0.2) is 0 Å². The molecule has 2 N–H and O–H groups in total. The van der Waals surface area contributed by atoms with Crippen LogP contribution in [0.4, 0.5) is 0 Å². The van der Waals surface area contributed by atoms with Crippen LogP contribution in [0.15, 0.2) is 103 Å². The summed E-state index contributed by atoms with van der Waals surface area (Å²) in [5, 5.41) is 9.69. The second-order valence-corrected chi connectivity index (χ2v) is 7.11. The summed E-state index contributed by atoms with van der Waals surface area (Å²) in [7, 11) is 0. The summed E-state index contributed by atoms with van der Waals surface area (Å²) >= 11 is 0. The van der Waals surface area contributed by atoms with Crippen molar-refractivity contribution >= 4 is 39.4 Å². The highest BCUT2D eigenvalue weighted by atomic mass is 16.2. The SMILES string of the molecule is C=CCNC(=O)/C(=C/c1c2ccccc2cc2ccccc12)NC(=O)c1ccccc1. The van der Waals surface area contributed by atoms with Crippen LogP contribution < -0.4 is 10.6 Å². The third-order valence-corrected chi connectivity index (χ3v) is 5.04. The Morgan fingerprint density at radius 1 is 0.806 bits per heavy atom. The molecule has 4 rings (SSSR count). The van der Waals surface area contributed by atoms with Gasteiger partial charge in [-0.15, -0.1) is 6.58 Å². The fourth-order valence-corrected chi connectivity index (χ4v) is 3.55. The first-order chi connectivity index (χ1) is 15.2. The zero-order valence-electron chi connectivity index (χ0n) is 17.0. The van der Waals surface area contributed by atoms with Gasteiger partial charge in [0.25, 0.3) is 11.8 Å². The van der Waals surface area contributed by atoms with Gasteiger partial charge >= 0.3 is 0 Å². The minimum atomic E-state index is -0.374. The van der Waals surface area contributed by atoms with Gasteiger partial charge in [0.05, 0.1) is 0 Å². The van der Waals surface area contributed by atoms with Crippen molar-refractivity contribution in [3.8, 4) is 0 Å². The van der Waals surface area contributed by atoms with Gasteiger partial charge in [-0.05, 0) is 51.4 Å². The van der Waals surface area contributed by atoms with Crippen LogP contribution in [0.25, 0.3) is 27.6 Å². The second-order valence-electron chi connectivity index (χ2n) is 7.11. The number of hydrogen-bond acceptors (Lipinski definition) is 2. The van der Waals surface area contributed by atoms with Crippen LogP contribution in [-0.2, 0) is 4.79 Å². The van der Waals surface area contributed by atoms with Gasteiger partial charge in [0, 0.05) is 12.1 Å². The Labute approximate surface area is 180 Å². The van der Waals surface area contributed by atoms with Gasteiger partial charge in [-0.1, -0.05) is 72.8 Å². The Morgan fingerprint density at radius 2 is 1.39 bits per heavy atom. The average Bonchev–Trinajstić information content (AvgIpc) is 2.82. The topological polar surface area (TPSA) is 58.2 Å². The number of hydrogen-bond donors (Lipinski definition) is 2. The molecular weight excluding hydrogens is 384 g/mol. The van der Waals surface area contributed by atoms with Gasteiger partial charge in [0.1, 0.15) is 5.70 Å². The maximum atomic E-state index is 12.9. The van der Waals surface area contributed by atoms with Crippen LogP contribution in [0.1, 0.15) is 15.9 Å².